The van der Waals surface area contributed by atoms with E-state index in [-0.39, 0.29) is 11.9 Å². The fraction of sp³-hybridized carbons (Fsp3) is 0.471. The molecule has 1 saturated heterocycles. The van der Waals surface area contributed by atoms with Crippen molar-refractivity contribution >= 4 is 5.78 Å². The van der Waals surface area contributed by atoms with Gasteiger partial charge >= 0.3 is 0 Å². The average molecular weight is 298 g/mol. The highest BCUT2D eigenvalue weighted by molar-refractivity contribution is 5.98. The van der Waals surface area contributed by atoms with Crippen LogP contribution in [-0.4, -0.2) is 22.5 Å². The van der Waals surface area contributed by atoms with Crippen molar-refractivity contribution in [2.24, 2.45) is 0 Å². The Kier molecular flexibility index (Phi) is 3.50. The second-order valence-corrected chi connectivity index (χ2v) is 5.96. The van der Waals surface area contributed by atoms with E-state index in [4.69, 9.17) is 9.26 Å². The number of aromatic nitrogens is 2. The summed E-state index contributed by atoms with van der Waals surface area (Å²) in [5, 5.41) is 4.04. The van der Waals surface area contributed by atoms with Gasteiger partial charge in [-0.1, -0.05) is 11.2 Å². The molecule has 0 saturated carbocycles. The number of Topliss-reactive ketones (excluding diaryl/α,β-unsaturated/α-hetero) is 1. The van der Waals surface area contributed by atoms with Crippen LogP contribution in [0.3, 0.4) is 0 Å². The predicted octanol–water partition coefficient (Wildman–Crippen LogP) is 3.50. The van der Waals surface area contributed by atoms with Crippen LogP contribution < -0.4 is 0 Å². The normalized spacial score (nSPS) is 21.6. The third-order valence-corrected chi connectivity index (χ3v) is 4.41. The number of nitrogens with zero attached hydrogens (tertiary/aromatic N) is 2. The molecule has 0 bridgehead atoms. The molecule has 0 amide bonds. The number of aryl methyl sites for hydroxylation is 1. The predicted molar refractivity (Wildman–Crippen MR) is 79.5 cm³/mol. The van der Waals surface area contributed by atoms with Gasteiger partial charge in [0, 0.05) is 24.2 Å². The maximum atomic E-state index is 12.1. The smallest absolute Gasteiger partial charge is 0.258 e. The number of carbonyl (C=O) groups excluding carboxylic acids is 1. The molecule has 1 aromatic heterocycles. The van der Waals surface area contributed by atoms with Gasteiger partial charge in [-0.25, -0.2) is 0 Å². The Morgan fingerprint density at radius 1 is 1.14 bits per heavy atom. The Bertz CT molecular complexity index is 702. The number of hydrogen-bond acceptors (Lipinski definition) is 5. The Morgan fingerprint density at radius 3 is 2.91 bits per heavy atom. The van der Waals surface area contributed by atoms with Gasteiger partial charge in [-0.2, -0.15) is 4.98 Å². The molecule has 2 aliphatic rings. The minimum atomic E-state index is -0.0418. The quantitative estimate of drug-likeness (QED) is 0.794. The molecule has 1 aliphatic heterocycles. The molecule has 5 nitrogen and oxygen atoms in total. The first-order valence-electron chi connectivity index (χ1n) is 7.93. The second kappa shape index (κ2) is 5.65. The molecule has 1 aliphatic carbocycles. The van der Waals surface area contributed by atoms with Gasteiger partial charge in [0.05, 0.1) is 0 Å². The topological polar surface area (TPSA) is 65.2 Å². The Labute approximate surface area is 128 Å². The summed E-state index contributed by atoms with van der Waals surface area (Å²) in [5.41, 5.74) is 2.82. The highest BCUT2D eigenvalue weighted by Gasteiger charge is 2.24. The van der Waals surface area contributed by atoms with Crippen molar-refractivity contribution in [1.82, 2.24) is 10.1 Å². The molecule has 4 rings (SSSR count). The van der Waals surface area contributed by atoms with Gasteiger partial charge in [0.15, 0.2) is 5.78 Å². The number of ketones is 1. The lowest BCUT2D eigenvalue weighted by atomic mass is 9.99. The van der Waals surface area contributed by atoms with Crippen LogP contribution in [0.4, 0.5) is 0 Å². The van der Waals surface area contributed by atoms with Crippen LogP contribution in [-0.2, 0) is 11.2 Å². The van der Waals surface area contributed by atoms with Crippen molar-refractivity contribution in [1.29, 1.82) is 0 Å². The largest absolute Gasteiger partial charge is 0.370 e. The lowest BCUT2D eigenvalue weighted by molar-refractivity contribution is 0.0982. The zero-order valence-electron chi connectivity index (χ0n) is 12.4. The highest BCUT2D eigenvalue weighted by atomic mass is 16.5. The van der Waals surface area contributed by atoms with Crippen LogP contribution in [0.5, 0.6) is 0 Å². The van der Waals surface area contributed by atoms with E-state index in [0.717, 1.165) is 55.4 Å². The van der Waals surface area contributed by atoms with Crippen molar-refractivity contribution in [3.8, 4) is 11.5 Å². The number of ether oxygens (including phenoxy) is 1. The molecular formula is C17H18N2O3. The molecule has 2 heterocycles. The second-order valence-electron chi connectivity index (χ2n) is 5.96. The van der Waals surface area contributed by atoms with E-state index < -0.39 is 0 Å². The van der Waals surface area contributed by atoms with Crippen LogP contribution in [0.15, 0.2) is 22.7 Å². The first kappa shape index (κ1) is 13.6. The number of carbonyl (C=O) groups is 1. The standard InChI is InChI=1S/C17H18N2O3/c20-14-5-2-1-4-11-10-12(7-8-13(11)14)17-18-16(19-22-17)15-6-3-9-21-15/h7-8,10,15H,1-6,9H2. The monoisotopic (exact) mass is 298 g/mol. The van der Waals surface area contributed by atoms with Crippen molar-refractivity contribution in [3.05, 3.63) is 35.2 Å². The van der Waals surface area contributed by atoms with E-state index in [1.54, 1.807) is 0 Å². The summed E-state index contributed by atoms with van der Waals surface area (Å²) < 4.78 is 11.0. The molecule has 1 fully saturated rings. The molecule has 1 atom stereocenters. The molecule has 1 aromatic carbocycles. The Morgan fingerprint density at radius 2 is 2.05 bits per heavy atom. The number of fused-ring (bicyclic) bond motifs is 1. The van der Waals surface area contributed by atoms with Gasteiger partial charge in [-0.05, 0) is 49.8 Å². The van der Waals surface area contributed by atoms with Crippen molar-refractivity contribution < 1.29 is 14.1 Å². The number of rotatable bonds is 2. The molecular weight excluding hydrogens is 280 g/mol. The molecule has 5 heteroatoms. The SMILES string of the molecule is O=C1CCCCc2cc(-c3nc(C4CCCO4)no3)ccc21. The summed E-state index contributed by atoms with van der Waals surface area (Å²) >= 11 is 0. The molecule has 114 valence electrons. The van der Waals surface area contributed by atoms with Crippen LogP contribution in [0.1, 0.15) is 60.0 Å². The minimum absolute atomic E-state index is 0.0418. The van der Waals surface area contributed by atoms with Gasteiger partial charge < -0.3 is 9.26 Å². The minimum Gasteiger partial charge on any atom is -0.370 e. The Hall–Kier alpha value is -2.01. The summed E-state index contributed by atoms with van der Waals surface area (Å²) in [6.45, 7) is 0.759. The lowest BCUT2D eigenvalue weighted by Crippen LogP contribution is -2.00. The third kappa shape index (κ3) is 2.46. The molecule has 22 heavy (non-hydrogen) atoms. The first-order valence-corrected chi connectivity index (χ1v) is 7.93. The summed E-state index contributed by atoms with van der Waals surface area (Å²) in [4.78, 5) is 16.5. The van der Waals surface area contributed by atoms with Crippen molar-refractivity contribution in [3.63, 3.8) is 0 Å². The Balaban J connectivity index is 1.65. The first-order chi connectivity index (χ1) is 10.8. The molecule has 0 spiro atoms. The third-order valence-electron chi connectivity index (χ3n) is 4.41. The highest BCUT2D eigenvalue weighted by Crippen LogP contribution is 2.30. The van der Waals surface area contributed by atoms with Crippen LogP contribution in [0.2, 0.25) is 0 Å². The summed E-state index contributed by atoms with van der Waals surface area (Å²) in [6.07, 6.45) is 5.53. The number of hydrogen-bond donors (Lipinski definition) is 0. The van der Waals surface area contributed by atoms with E-state index >= 15 is 0 Å². The van der Waals surface area contributed by atoms with E-state index in [1.165, 1.54) is 0 Å². The van der Waals surface area contributed by atoms with Crippen LogP contribution >= 0.6 is 0 Å². The number of benzene rings is 1. The maximum absolute atomic E-state index is 12.1. The fourth-order valence-corrected chi connectivity index (χ4v) is 3.21. The van der Waals surface area contributed by atoms with Crippen molar-refractivity contribution in [2.45, 2.75) is 44.6 Å². The van der Waals surface area contributed by atoms with E-state index in [0.29, 0.717) is 18.1 Å². The van der Waals surface area contributed by atoms with E-state index in [1.807, 2.05) is 18.2 Å². The van der Waals surface area contributed by atoms with Crippen LogP contribution in [0.25, 0.3) is 11.5 Å². The van der Waals surface area contributed by atoms with Crippen LogP contribution in [0, 0.1) is 0 Å². The van der Waals surface area contributed by atoms with E-state index in [9.17, 15) is 4.79 Å². The van der Waals surface area contributed by atoms with Gasteiger partial charge in [0.2, 0.25) is 5.82 Å². The van der Waals surface area contributed by atoms with Gasteiger partial charge in [0.25, 0.3) is 5.89 Å². The lowest BCUT2D eigenvalue weighted by Gasteiger charge is -2.05. The van der Waals surface area contributed by atoms with Crippen molar-refractivity contribution in [2.75, 3.05) is 6.61 Å². The van der Waals surface area contributed by atoms with E-state index in [2.05, 4.69) is 10.1 Å². The average Bonchev–Trinajstić information content (AvgIpc) is 3.19. The van der Waals surface area contributed by atoms with Gasteiger partial charge in [0.1, 0.15) is 6.10 Å². The fourth-order valence-electron chi connectivity index (χ4n) is 3.21. The van der Waals surface area contributed by atoms with Gasteiger partial charge in [-0.3, -0.25) is 4.79 Å². The molecule has 1 unspecified atom stereocenters. The molecule has 0 radical (unpaired) electrons. The molecule has 0 N–H and O–H groups in total. The van der Waals surface area contributed by atoms with Gasteiger partial charge in [-0.15, -0.1) is 0 Å². The summed E-state index contributed by atoms with van der Waals surface area (Å²) in [7, 11) is 0. The zero-order valence-corrected chi connectivity index (χ0v) is 12.4. The zero-order chi connectivity index (χ0) is 14.9. The maximum Gasteiger partial charge on any atom is 0.258 e. The summed E-state index contributed by atoms with van der Waals surface area (Å²) in [5.74, 6) is 1.37. The summed E-state index contributed by atoms with van der Waals surface area (Å²) in [6, 6.07) is 5.81. The molecule has 2 aromatic rings.